The van der Waals surface area contributed by atoms with Crippen molar-refractivity contribution in [2.24, 2.45) is 0 Å². The first kappa shape index (κ1) is 13.1. The van der Waals surface area contributed by atoms with Crippen LogP contribution in [0.15, 0.2) is 30.3 Å². The smallest absolute Gasteiger partial charge is 0.128 e. The van der Waals surface area contributed by atoms with Gasteiger partial charge in [-0.05, 0) is 42.7 Å². The monoisotopic (exact) mass is 262 g/mol. The summed E-state index contributed by atoms with van der Waals surface area (Å²) in [7, 11) is 1.69. The Morgan fingerprint density at radius 1 is 1.33 bits per heavy atom. The first-order chi connectivity index (χ1) is 8.85. The Bertz CT molecular complexity index is 496. The Kier molecular flexibility index (Phi) is 4.73. The van der Waals surface area contributed by atoms with E-state index < -0.39 is 0 Å². The molecule has 0 radical (unpaired) electrons. The normalized spacial score (nSPS) is 10.6. The number of hydrogen-bond acceptors (Lipinski definition) is 4. The summed E-state index contributed by atoms with van der Waals surface area (Å²) >= 11 is 1.55. The van der Waals surface area contributed by atoms with Gasteiger partial charge in [0, 0.05) is 17.0 Å². The van der Waals surface area contributed by atoms with Crippen molar-refractivity contribution < 1.29 is 4.74 Å². The zero-order valence-electron chi connectivity index (χ0n) is 10.8. The van der Waals surface area contributed by atoms with Crippen molar-refractivity contribution in [3.63, 3.8) is 0 Å². The first-order valence-electron chi connectivity index (χ1n) is 6.15. The van der Waals surface area contributed by atoms with E-state index in [0.29, 0.717) is 0 Å². The molecule has 0 spiro atoms. The van der Waals surface area contributed by atoms with E-state index in [4.69, 9.17) is 4.74 Å². The number of rotatable bonds is 6. The molecule has 0 unspecified atom stereocenters. The second-order valence-corrected chi connectivity index (χ2v) is 4.95. The van der Waals surface area contributed by atoms with Gasteiger partial charge in [0.05, 0.1) is 12.8 Å². The van der Waals surface area contributed by atoms with Crippen LogP contribution in [0.1, 0.15) is 18.2 Å². The van der Waals surface area contributed by atoms with Gasteiger partial charge in [0.2, 0.25) is 0 Å². The van der Waals surface area contributed by atoms with Crippen LogP contribution in [-0.4, -0.2) is 18.0 Å². The minimum Gasteiger partial charge on any atom is -0.496 e. The fraction of sp³-hybridized carbons (Fsp3) is 0.357. The molecule has 0 saturated heterocycles. The summed E-state index contributed by atoms with van der Waals surface area (Å²) in [4.78, 5) is 1.25. The zero-order valence-corrected chi connectivity index (χ0v) is 11.6. The van der Waals surface area contributed by atoms with E-state index in [-0.39, 0.29) is 0 Å². The van der Waals surface area contributed by atoms with Gasteiger partial charge in [0.25, 0.3) is 0 Å². The molecule has 0 fully saturated rings. The summed E-state index contributed by atoms with van der Waals surface area (Å²) in [5, 5.41) is 3.38. The van der Waals surface area contributed by atoms with Crippen LogP contribution in [0.5, 0.6) is 5.75 Å². The lowest BCUT2D eigenvalue weighted by Gasteiger charge is -2.04. The third-order valence-corrected chi connectivity index (χ3v) is 3.45. The standard InChI is InChI=1S/C14H18N2OS/c1-3-8-15-10-11-9-13(16-18-11)12-6-4-5-7-14(12)17-2/h4-7,9,15H,3,8,10H2,1-2H3. The topological polar surface area (TPSA) is 34.1 Å². The number of nitrogens with one attached hydrogen (secondary N) is 1. The van der Waals surface area contributed by atoms with Crippen LogP contribution in [0.2, 0.25) is 0 Å². The van der Waals surface area contributed by atoms with Gasteiger partial charge in [-0.15, -0.1) is 0 Å². The number of aromatic nitrogens is 1. The first-order valence-corrected chi connectivity index (χ1v) is 6.92. The molecule has 0 amide bonds. The van der Waals surface area contributed by atoms with E-state index in [1.54, 1.807) is 18.6 Å². The summed E-state index contributed by atoms with van der Waals surface area (Å²) in [6.45, 7) is 4.10. The van der Waals surface area contributed by atoms with E-state index >= 15 is 0 Å². The third-order valence-electron chi connectivity index (χ3n) is 2.67. The molecule has 2 aromatic rings. The van der Waals surface area contributed by atoms with Crippen molar-refractivity contribution in [2.75, 3.05) is 13.7 Å². The van der Waals surface area contributed by atoms with E-state index in [1.165, 1.54) is 4.88 Å². The second-order valence-electron chi connectivity index (χ2n) is 4.06. The number of methoxy groups -OCH3 is 1. The van der Waals surface area contributed by atoms with Crippen molar-refractivity contribution >= 4 is 11.5 Å². The Labute approximate surface area is 112 Å². The second kappa shape index (κ2) is 6.52. The lowest BCUT2D eigenvalue weighted by Crippen LogP contribution is -2.12. The Balaban J connectivity index is 2.13. The summed E-state index contributed by atoms with van der Waals surface area (Å²) < 4.78 is 9.85. The van der Waals surface area contributed by atoms with Crippen molar-refractivity contribution in [3.05, 3.63) is 35.2 Å². The molecule has 4 heteroatoms. The molecule has 18 heavy (non-hydrogen) atoms. The van der Waals surface area contributed by atoms with Gasteiger partial charge in [-0.25, -0.2) is 0 Å². The molecule has 1 N–H and O–H groups in total. The molecule has 3 nitrogen and oxygen atoms in total. The largest absolute Gasteiger partial charge is 0.496 e. The summed E-state index contributed by atoms with van der Waals surface area (Å²) in [6.07, 6.45) is 1.15. The highest BCUT2D eigenvalue weighted by Gasteiger charge is 2.08. The average Bonchev–Trinajstić information content (AvgIpc) is 2.88. The van der Waals surface area contributed by atoms with Crippen LogP contribution in [0.4, 0.5) is 0 Å². The summed E-state index contributed by atoms with van der Waals surface area (Å²) in [5.74, 6) is 0.871. The molecule has 1 heterocycles. The maximum absolute atomic E-state index is 5.36. The fourth-order valence-corrected chi connectivity index (χ4v) is 2.47. The molecule has 0 saturated carbocycles. The van der Waals surface area contributed by atoms with Gasteiger partial charge in [-0.3, -0.25) is 0 Å². The number of hydrogen-bond donors (Lipinski definition) is 1. The lowest BCUT2D eigenvalue weighted by atomic mass is 10.1. The molecular weight excluding hydrogens is 244 g/mol. The number of ether oxygens (including phenoxy) is 1. The van der Waals surface area contributed by atoms with Gasteiger partial charge in [-0.1, -0.05) is 19.1 Å². The van der Waals surface area contributed by atoms with Crippen LogP contribution in [-0.2, 0) is 6.54 Å². The number of para-hydroxylation sites is 1. The third kappa shape index (κ3) is 3.09. The molecule has 0 bridgehead atoms. The molecule has 0 aliphatic carbocycles. The molecular formula is C14H18N2OS. The zero-order chi connectivity index (χ0) is 12.8. The van der Waals surface area contributed by atoms with E-state index in [0.717, 1.165) is 36.5 Å². The van der Waals surface area contributed by atoms with E-state index in [9.17, 15) is 0 Å². The molecule has 0 aliphatic heterocycles. The van der Waals surface area contributed by atoms with Crippen molar-refractivity contribution in [1.29, 1.82) is 0 Å². The van der Waals surface area contributed by atoms with Gasteiger partial charge in [-0.2, -0.15) is 4.37 Å². The summed E-state index contributed by atoms with van der Waals surface area (Å²) in [6, 6.07) is 10.1. The molecule has 1 aromatic carbocycles. The molecule has 2 rings (SSSR count). The van der Waals surface area contributed by atoms with Crippen LogP contribution in [0.3, 0.4) is 0 Å². The number of benzene rings is 1. The average molecular weight is 262 g/mol. The van der Waals surface area contributed by atoms with Crippen LogP contribution < -0.4 is 10.1 Å². The van der Waals surface area contributed by atoms with Gasteiger partial charge in [0.15, 0.2) is 0 Å². The quantitative estimate of drug-likeness (QED) is 0.811. The Morgan fingerprint density at radius 3 is 2.94 bits per heavy atom. The fourth-order valence-electron chi connectivity index (χ4n) is 1.77. The number of nitrogens with zero attached hydrogens (tertiary/aromatic N) is 1. The lowest BCUT2D eigenvalue weighted by molar-refractivity contribution is 0.416. The molecule has 0 aliphatic rings. The van der Waals surface area contributed by atoms with Gasteiger partial charge in [0.1, 0.15) is 5.75 Å². The summed E-state index contributed by atoms with van der Waals surface area (Å²) in [5.41, 5.74) is 2.05. The SMILES string of the molecule is CCCNCc1cc(-c2ccccc2OC)ns1. The minimum absolute atomic E-state index is 0.871. The van der Waals surface area contributed by atoms with E-state index in [2.05, 4.69) is 22.7 Å². The maximum Gasteiger partial charge on any atom is 0.128 e. The molecule has 0 atom stereocenters. The van der Waals surface area contributed by atoms with Crippen LogP contribution in [0, 0.1) is 0 Å². The molecule has 1 aromatic heterocycles. The van der Waals surface area contributed by atoms with Crippen molar-refractivity contribution in [3.8, 4) is 17.0 Å². The predicted octanol–water partition coefficient (Wildman–Crippen LogP) is 3.32. The maximum atomic E-state index is 5.36. The van der Waals surface area contributed by atoms with Crippen molar-refractivity contribution in [2.45, 2.75) is 19.9 Å². The molecule has 96 valence electrons. The predicted molar refractivity (Wildman–Crippen MR) is 76.1 cm³/mol. The van der Waals surface area contributed by atoms with Crippen molar-refractivity contribution in [1.82, 2.24) is 9.69 Å². The van der Waals surface area contributed by atoms with Gasteiger partial charge < -0.3 is 10.1 Å². The highest BCUT2D eigenvalue weighted by atomic mass is 32.1. The highest BCUT2D eigenvalue weighted by Crippen LogP contribution is 2.30. The van der Waals surface area contributed by atoms with Crippen LogP contribution >= 0.6 is 11.5 Å². The van der Waals surface area contributed by atoms with E-state index in [1.807, 2.05) is 24.3 Å². The minimum atomic E-state index is 0.871. The Hall–Kier alpha value is -1.39. The Morgan fingerprint density at radius 2 is 2.17 bits per heavy atom. The highest BCUT2D eigenvalue weighted by molar-refractivity contribution is 7.06. The van der Waals surface area contributed by atoms with Gasteiger partial charge >= 0.3 is 0 Å². The van der Waals surface area contributed by atoms with Crippen LogP contribution in [0.25, 0.3) is 11.3 Å².